The van der Waals surface area contributed by atoms with Crippen LogP contribution in [0.5, 0.6) is 0 Å². The molecule has 3 atom stereocenters. The van der Waals surface area contributed by atoms with Crippen LogP contribution in [0.4, 0.5) is 0 Å². The molecule has 0 aliphatic carbocycles. The van der Waals surface area contributed by atoms with Gasteiger partial charge in [0.15, 0.2) is 0 Å². The van der Waals surface area contributed by atoms with Crippen LogP contribution in [0.3, 0.4) is 0 Å². The molecule has 14 heavy (non-hydrogen) atoms. The quantitative estimate of drug-likeness (QED) is 0.570. The van der Waals surface area contributed by atoms with Crippen LogP contribution in [-0.2, 0) is 0 Å². The van der Waals surface area contributed by atoms with E-state index < -0.39 is 0 Å². The van der Waals surface area contributed by atoms with Crippen molar-refractivity contribution in [3.05, 3.63) is 0 Å². The Kier molecular flexibility index (Phi) is 6.86. The summed E-state index contributed by atoms with van der Waals surface area (Å²) in [7, 11) is 1.86. The summed E-state index contributed by atoms with van der Waals surface area (Å²) in [5.74, 6) is 3.20. The molecule has 3 unspecified atom stereocenters. The molecule has 84 valence electrons. The second-order valence-corrected chi connectivity index (χ2v) is 4.86. The molecular formula is C13H27N. The maximum atomic E-state index is 4.08. The van der Waals surface area contributed by atoms with Crippen LogP contribution >= 0.6 is 0 Å². The second-order valence-electron chi connectivity index (χ2n) is 4.86. The van der Waals surface area contributed by atoms with Gasteiger partial charge in [-0.2, -0.15) is 0 Å². The maximum absolute atomic E-state index is 4.08. The molecule has 0 amide bonds. The lowest BCUT2D eigenvalue weighted by Crippen LogP contribution is -2.25. The normalized spacial score (nSPS) is 18.8. The average Bonchev–Trinajstić information content (AvgIpc) is 2.14. The van der Waals surface area contributed by atoms with Crippen LogP contribution in [-0.4, -0.2) is 13.3 Å². The standard InChI is InChI=1S/C13H27N/c1-7-11(4)13(10(2)3)12(5)8-9-14-6/h9-13H,7-8H2,1-6H3. The highest BCUT2D eigenvalue weighted by Crippen LogP contribution is 2.31. The van der Waals surface area contributed by atoms with E-state index in [2.05, 4.69) is 45.8 Å². The third-order valence-corrected chi connectivity index (χ3v) is 3.39. The highest BCUT2D eigenvalue weighted by Gasteiger charge is 2.24. The fraction of sp³-hybridized carbons (Fsp3) is 0.923. The van der Waals surface area contributed by atoms with Crippen molar-refractivity contribution in [2.75, 3.05) is 7.05 Å². The monoisotopic (exact) mass is 197 g/mol. The number of rotatable bonds is 6. The molecular weight excluding hydrogens is 170 g/mol. The lowest BCUT2D eigenvalue weighted by atomic mass is 9.74. The van der Waals surface area contributed by atoms with Gasteiger partial charge in [0.2, 0.25) is 0 Å². The lowest BCUT2D eigenvalue weighted by Gasteiger charge is -2.31. The zero-order valence-electron chi connectivity index (χ0n) is 10.7. The molecule has 0 radical (unpaired) electrons. The Morgan fingerprint density at radius 1 is 1.07 bits per heavy atom. The average molecular weight is 197 g/mol. The van der Waals surface area contributed by atoms with E-state index in [0.717, 1.165) is 30.1 Å². The molecule has 1 heteroatoms. The molecule has 1 nitrogen and oxygen atoms in total. The molecule has 0 aliphatic heterocycles. The molecule has 0 aromatic carbocycles. The van der Waals surface area contributed by atoms with Crippen LogP contribution < -0.4 is 0 Å². The van der Waals surface area contributed by atoms with Crippen LogP contribution in [0.15, 0.2) is 4.99 Å². The van der Waals surface area contributed by atoms with Crippen LogP contribution in [0.25, 0.3) is 0 Å². The van der Waals surface area contributed by atoms with E-state index in [1.165, 1.54) is 6.42 Å². The number of nitrogens with zero attached hydrogens (tertiary/aromatic N) is 1. The SMILES string of the molecule is CCC(C)C(C(C)C)C(C)CC=NC. The highest BCUT2D eigenvalue weighted by atomic mass is 14.6. The van der Waals surface area contributed by atoms with Crippen LogP contribution in [0.2, 0.25) is 0 Å². The summed E-state index contributed by atoms with van der Waals surface area (Å²) in [4.78, 5) is 4.08. The first-order chi connectivity index (χ1) is 6.54. The summed E-state index contributed by atoms with van der Waals surface area (Å²) in [5, 5.41) is 0. The highest BCUT2D eigenvalue weighted by molar-refractivity contribution is 5.57. The number of hydrogen-bond acceptors (Lipinski definition) is 1. The van der Waals surface area contributed by atoms with Crippen molar-refractivity contribution in [1.82, 2.24) is 0 Å². The minimum atomic E-state index is 0.758. The molecule has 0 heterocycles. The molecule has 0 spiro atoms. The Morgan fingerprint density at radius 3 is 2.00 bits per heavy atom. The molecule has 0 fully saturated rings. The third kappa shape index (κ3) is 4.26. The van der Waals surface area contributed by atoms with Crippen molar-refractivity contribution in [3.63, 3.8) is 0 Å². The lowest BCUT2D eigenvalue weighted by molar-refractivity contribution is 0.187. The van der Waals surface area contributed by atoms with E-state index in [1.54, 1.807) is 0 Å². The van der Waals surface area contributed by atoms with E-state index in [0.29, 0.717) is 0 Å². The van der Waals surface area contributed by atoms with Crippen molar-refractivity contribution in [1.29, 1.82) is 0 Å². The summed E-state index contributed by atoms with van der Waals surface area (Å²) in [6, 6.07) is 0. The van der Waals surface area contributed by atoms with Gasteiger partial charge in [-0.05, 0) is 36.3 Å². The fourth-order valence-electron chi connectivity index (χ4n) is 2.58. The van der Waals surface area contributed by atoms with E-state index in [-0.39, 0.29) is 0 Å². The molecule has 0 aliphatic rings. The van der Waals surface area contributed by atoms with Crippen molar-refractivity contribution >= 4 is 6.21 Å². The first kappa shape index (κ1) is 13.7. The van der Waals surface area contributed by atoms with Gasteiger partial charge >= 0.3 is 0 Å². The number of hydrogen-bond donors (Lipinski definition) is 0. The Morgan fingerprint density at radius 2 is 1.64 bits per heavy atom. The first-order valence-electron chi connectivity index (χ1n) is 5.95. The Hall–Kier alpha value is -0.330. The second kappa shape index (κ2) is 7.03. The molecule has 0 aromatic rings. The topological polar surface area (TPSA) is 12.4 Å². The molecule has 0 bridgehead atoms. The Labute approximate surface area is 90.0 Å². The van der Waals surface area contributed by atoms with E-state index >= 15 is 0 Å². The van der Waals surface area contributed by atoms with Gasteiger partial charge in [-0.15, -0.1) is 0 Å². The van der Waals surface area contributed by atoms with Crippen molar-refractivity contribution in [3.8, 4) is 0 Å². The van der Waals surface area contributed by atoms with Gasteiger partial charge in [-0.1, -0.05) is 41.0 Å². The zero-order valence-corrected chi connectivity index (χ0v) is 10.7. The van der Waals surface area contributed by atoms with Crippen molar-refractivity contribution < 1.29 is 0 Å². The molecule has 0 aromatic heterocycles. The number of aliphatic imine (C=N–C) groups is 1. The van der Waals surface area contributed by atoms with Gasteiger partial charge < -0.3 is 4.99 Å². The summed E-state index contributed by atoms with van der Waals surface area (Å²) in [6.07, 6.45) is 4.47. The minimum absolute atomic E-state index is 0.758. The van der Waals surface area contributed by atoms with E-state index in [4.69, 9.17) is 0 Å². The Bertz CT molecular complexity index is 161. The largest absolute Gasteiger partial charge is 0.301 e. The van der Waals surface area contributed by atoms with E-state index in [9.17, 15) is 0 Å². The predicted molar refractivity (Wildman–Crippen MR) is 66.0 cm³/mol. The first-order valence-corrected chi connectivity index (χ1v) is 5.95. The summed E-state index contributed by atoms with van der Waals surface area (Å²) < 4.78 is 0. The van der Waals surface area contributed by atoms with Gasteiger partial charge in [-0.3, -0.25) is 0 Å². The Balaban J connectivity index is 4.32. The van der Waals surface area contributed by atoms with Gasteiger partial charge in [-0.25, -0.2) is 0 Å². The summed E-state index contributed by atoms with van der Waals surface area (Å²) >= 11 is 0. The summed E-state index contributed by atoms with van der Waals surface area (Å²) in [5.41, 5.74) is 0. The smallest absolute Gasteiger partial charge is 0.0273 e. The molecule has 0 N–H and O–H groups in total. The van der Waals surface area contributed by atoms with E-state index in [1.807, 2.05) is 7.05 Å². The predicted octanol–water partition coefficient (Wildman–Crippen LogP) is 4.03. The minimum Gasteiger partial charge on any atom is -0.301 e. The van der Waals surface area contributed by atoms with Crippen molar-refractivity contribution in [2.45, 2.75) is 47.5 Å². The summed E-state index contributed by atoms with van der Waals surface area (Å²) in [6.45, 7) is 11.7. The zero-order chi connectivity index (χ0) is 11.1. The third-order valence-electron chi connectivity index (χ3n) is 3.39. The maximum Gasteiger partial charge on any atom is 0.0273 e. The van der Waals surface area contributed by atoms with Gasteiger partial charge in [0.05, 0.1) is 0 Å². The molecule has 0 saturated heterocycles. The fourth-order valence-corrected chi connectivity index (χ4v) is 2.58. The van der Waals surface area contributed by atoms with Crippen LogP contribution in [0, 0.1) is 23.7 Å². The van der Waals surface area contributed by atoms with Crippen LogP contribution in [0.1, 0.15) is 47.5 Å². The van der Waals surface area contributed by atoms with Gasteiger partial charge in [0.25, 0.3) is 0 Å². The van der Waals surface area contributed by atoms with Gasteiger partial charge in [0, 0.05) is 7.05 Å². The molecule has 0 saturated carbocycles. The molecule has 0 rings (SSSR count). The van der Waals surface area contributed by atoms with Crippen molar-refractivity contribution in [2.24, 2.45) is 28.7 Å². The van der Waals surface area contributed by atoms with Gasteiger partial charge in [0.1, 0.15) is 0 Å².